The Bertz CT molecular complexity index is 155. The fraction of sp³-hybridized carbons (Fsp3) is 0.900. The first-order valence-electron chi connectivity index (χ1n) is 4.60. The summed E-state index contributed by atoms with van der Waals surface area (Å²) in [5.41, 5.74) is 0. The smallest absolute Gasteiger partial charge is 0.224 e. The van der Waals surface area contributed by atoms with Gasteiger partial charge in [-0.3, -0.25) is 0 Å². The lowest BCUT2D eigenvalue weighted by molar-refractivity contribution is 0.270. The van der Waals surface area contributed by atoms with Crippen LogP contribution in [-0.4, -0.2) is 6.04 Å². The predicted molar refractivity (Wildman–Crippen MR) is 47.2 cm³/mol. The molecule has 62 valence electrons. The fourth-order valence-corrected chi connectivity index (χ4v) is 1.92. The lowest BCUT2D eigenvalue weighted by Crippen LogP contribution is -2.20. The predicted octanol–water partition coefficient (Wildman–Crippen LogP) is 3.12. The van der Waals surface area contributed by atoms with Gasteiger partial charge in [-0.25, -0.2) is 6.57 Å². The Balaban J connectivity index is 2.41. The highest BCUT2D eigenvalue weighted by Gasteiger charge is 2.26. The van der Waals surface area contributed by atoms with Crippen molar-refractivity contribution in [3.8, 4) is 0 Å². The monoisotopic (exact) mass is 151 g/mol. The third-order valence-corrected chi connectivity index (χ3v) is 2.81. The molecule has 0 saturated heterocycles. The summed E-state index contributed by atoms with van der Waals surface area (Å²) in [6.45, 7) is 11.5. The summed E-state index contributed by atoms with van der Waals surface area (Å²) in [6, 6.07) is 0.344. The second-order valence-electron chi connectivity index (χ2n) is 3.95. The summed E-state index contributed by atoms with van der Waals surface area (Å²) in [4.78, 5) is 3.63. The summed E-state index contributed by atoms with van der Waals surface area (Å²) in [5, 5.41) is 0. The molecule has 0 aromatic carbocycles. The first-order valence-corrected chi connectivity index (χ1v) is 4.60. The van der Waals surface area contributed by atoms with Gasteiger partial charge >= 0.3 is 0 Å². The molecule has 1 aliphatic rings. The molecule has 0 aromatic heterocycles. The Morgan fingerprint density at radius 1 is 1.36 bits per heavy atom. The molecule has 1 saturated carbocycles. The topological polar surface area (TPSA) is 4.36 Å². The summed E-state index contributed by atoms with van der Waals surface area (Å²) in [6.07, 6.45) is 4.92. The second-order valence-corrected chi connectivity index (χ2v) is 3.95. The van der Waals surface area contributed by atoms with E-state index in [1.54, 1.807) is 0 Å². The van der Waals surface area contributed by atoms with Gasteiger partial charge in [0.05, 0.1) is 0 Å². The number of nitrogens with zero attached hydrogens (tertiary/aromatic N) is 1. The number of hydrogen-bond donors (Lipinski definition) is 0. The van der Waals surface area contributed by atoms with E-state index in [2.05, 4.69) is 18.7 Å². The van der Waals surface area contributed by atoms with Crippen molar-refractivity contribution < 1.29 is 0 Å². The minimum Gasteiger partial charge on any atom is -0.314 e. The van der Waals surface area contributed by atoms with Gasteiger partial charge in [-0.1, -0.05) is 13.8 Å². The van der Waals surface area contributed by atoms with Crippen molar-refractivity contribution in [2.24, 2.45) is 11.8 Å². The van der Waals surface area contributed by atoms with Crippen molar-refractivity contribution in [1.82, 2.24) is 0 Å². The summed E-state index contributed by atoms with van der Waals surface area (Å²) in [7, 11) is 0. The largest absolute Gasteiger partial charge is 0.314 e. The second kappa shape index (κ2) is 3.76. The molecular formula is C10H17N. The molecule has 0 aliphatic heterocycles. The van der Waals surface area contributed by atoms with E-state index >= 15 is 0 Å². The average molecular weight is 151 g/mol. The number of hydrogen-bond acceptors (Lipinski definition) is 0. The van der Waals surface area contributed by atoms with Gasteiger partial charge in [-0.2, -0.15) is 0 Å². The Morgan fingerprint density at radius 2 is 2.09 bits per heavy atom. The highest BCUT2D eigenvalue weighted by molar-refractivity contribution is 4.86. The maximum Gasteiger partial charge on any atom is 0.224 e. The molecule has 0 aromatic rings. The molecule has 0 N–H and O–H groups in total. The number of rotatable bonds is 1. The van der Waals surface area contributed by atoms with Crippen LogP contribution in [0.1, 0.15) is 39.5 Å². The normalized spacial score (nSPS) is 31.8. The van der Waals surface area contributed by atoms with Crippen LogP contribution in [0.2, 0.25) is 0 Å². The zero-order valence-corrected chi connectivity index (χ0v) is 7.51. The van der Waals surface area contributed by atoms with Gasteiger partial charge in [-0.15, -0.1) is 0 Å². The van der Waals surface area contributed by atoms with Crippen LogP contribution in [0.5, 0.6) is 0 Å². The van der Waals surface area contributed by atoms with Gasteiger partial charge in [0.2, 0.25) is 6.04 Å². The van der Waals surface area contributed by atoms with E-state index in [0.717, 1.165) is 24.7 Å². The third kappa shape index (κ3) is 2.22. The van der Waals surface area contributed by atoms with Crippen molar-refractivity contribution in [1.29, 1.82) is 0 Å². The van der Waals surface area contributed by atoms with E-state index in [-0.39, 0.29) is 0 Å². The molecule has 0 spiro atoms. The van der Waals surface area contributed by atoms with Crippen molar-refractivity contribution in [2.75, 3.05) is 0 Å². The molecule has 1 rings (SSSR count). The highest BCUT2D eigenvalue weighted by atomic mass is 14.7. The average Bonchev–Trinajstić information content (AvgIpc) is 2.05. The molecule has 0 unspecified atom stereocenters. The molecule has 1 fully saturated rings. The van der Waals surface area contributed by atoms with E-state index in [9.17, 15) is 0 Å². The minimum atomic E-state index is 0.344. The molecular weight excluding hydrogens is 134 g/mol. The molecule has 0 radical (unpaired) electrons. The maximum atomic E-state index is 6.95. The lowest BCUT2D eigenvalue weighted by Gasteiger charge is -2.25. The Labute approximate surface area is 69.6 Å². The molecule has 0 heterocycles. The van der Waals surface area contributed by atoms with Crippen molar-refractivity contribution >= 4 is 0 Å². The fourth-order valence-electron chi connectivity index (χ4n) is 1.92. The van der Waals surface area contributed by atoms with Crippen molar-refractivity contribution in [3.63, 3.8) is 0 Å². The minimum absolute atomic E-state index is 0.344. The molecule has 0 bridgehead atoms. The van der Waals surface area contributed by atoms with Crippen LogP contribution in [0.15, 0.2) is 0 Å². The molecule has 2 atom stereocenters. The van der Waals surface area contributed by atoms with Gasteiger partial charge in [0.15, 0.2) is 0 Å². The van der Waals surface area contributed by atoms with Crippen molar-refractivity contribution in [3.05, 3.63) is 11.4 Å². The van der Waals surface area contributed by atoms with Crippen molar-refractivity contribution in [2.45, 2.75) is 45.6 Å². The van der Waals surface area contributed by atoms with Gasteiger partial charge in [0.1, 0.15) is 0 Å². The maximum absolute atomic E-state index is 6.95. The van der Waals surface area contributed by atoms with Crippen LogP contribution in [0, 0.1) is 18.4 Å². The van der Waals surface area contributed by atoms with E-state index in [4.69, 9.17) is 6.57 Å². The molecule has 1 aliphatic carbocycles. The highest BCUT2D eigenvalue weighted by Crippen LogP contribution is 2.31. The first kappa shape index (κ1) is 8.59. The van der Waals surface area contributed by atoms with Crippen LogP contribution in [0.25, 0.3) is 4.85 Å². The Morgan fingerprint density at radius 3 is 2.64 bits per heavy atom. The Kier molecular flexibility index (Phi) is 2.93. The standard InChI is InChI=1S/C10H17N/c1-8(2)9-5-4-6-10(7-9)11-3/h8-10H,4-7H2,1-2H3/t9-,10+/m0/s1. The van der Waals surface area contributed by atoms with Gasteiger partial charge < -0.3 is 4.85 Å². The molecule has 1 nitrogen and oxygen atoms in total. The van der Waals surface area contributed by atoms with E-state index in [1.807, 2.05) is 0 Å². The van der Waals surface area contributed by atoms with Crippen LogP contribution in [0.3, 0.4) is 0 Å². The summed E-state index contributed by atoms with van der Waals surface area (Å²) < 4.78 is 0. The van der Waals surface area contributed by atoms with Crippen LogP contribution < -0.4 is 0 Å². The third-order valence-electron chi connectivity index (χ3n) is 2.81. The van der Waals surface area contributed by atoms with E-state index in [0.29, 0.717) is 6.04 Å². The quantitative estimate of drug-likeness (QED) is 0.507. The van der Waals surface area contributed by atoms with E-state index < -0.39 is 0 Å². The van der Waals surface area contributed by atoms with Crippen LogP contribution in [-0.2, 0) is 0 Å². The molecule has 0 amide bonds. The van der Waals surface area contributed by atoms with E-state index in [1.165, 1.54) is 12.8 Å². The van der Waals surface area contributed by atoms with Gasteiger partial charge in [0, 0.05) is 12.8 Å². The zero-order valence-electron chi connectivity index (χ0n) is 7.51. The first-order chi connectivity index (χ1) is 5.24. The summed E-state index contributed by atoms with van der Waals surface area (Å²) in [5.74, 6) is 1.60. The molecule has 1 heteroatoms. The zero-order chi connectivity index (χ0) is 8.27. The molecule has 11 heavy (non-hydrogen) atoms. The van der Waals surface area contributed by atoms with Crippen LogP contribution >= 0.6 is 0 Å². The lowest BCUT2D eigenvalue weighted by atomic mass is 9.79. The van der Waals surface area contributed by atoms with Crippen LogP contribution in [0.4, 0.5) is 0 Å². The van der Waals surface area contributed by atoms with Gasteiger partial charge in [0.25, 0.3) is 0 Å². The summed E-state index contributed by atoms with van der Waals surface area (Å²) >= 11 is 0. The van der Waals surface area contributed by atoms with Gasteiger partial charge in [-0.05, 0) is 24.7 Å². The Hall–Kier alpha value is -0.510. The SMILES string of the molecule is [C-]#[N+][C@@H]1CCC[C@H](C(C)C)C1.